The van der Waals surface area contributed by atoms with Gasteiger partial charge >= 0.3 is 0 Å². The summed E-state index contributed by atoms with van der Waals surface area (Å²) >= 11 is 0. The summed E-state index contributed by atoms with van der Waals surface area (Å²) in [5.74, 6) is 2.06. The number of fused-ring (bicyclic) bond motifs is 3. The molecule has 156 valence electrons. The molecule has 2 saturated carbocycles. The number of amides is 2. The van der Waals surface area contributed by atoms with Gasteiger partial charge in [0, 0.05) is 24.2 Å². The van der Waals surface area contributed by atoms with Crippen molar-refractivity contribution in [2.75, 3.05) is 13.3 Å². The van der Waals surface area contributed by atoms with Crippen LogP contribution in [0.5, 0.6) is 11.5 Å². The first kappa shape index (κ1) is 18.7. The summed E-state index contributed by atoms with van der Waals surface area (Å²) in [6.45, 7) is 0.781. The molecule has 1 saturated heterocycles. The maximum Gasteiger partial charge on any atom is 0.254 e. The van der Waals surface area contributed by atoms with Crippen LogP contribution >= 0.6 is 0 Å². The van der Waals surface area contributed by atoms with Crippen molar-refractivity contribution >= 4 is 11.8 Å². The van der Waals surface area contributed by atoms with Crippen molar-refractivity contribution in [2.45, 2.75) is 63.1 Å². The molecule has 3 unspecified atom stereocenters. The topological polar surface area (TPSA) is 93.9 Å². The highest BCUT2D eigenvalue weighted by Crippen LogP contribution is 2.40. The van der Waals surface area contributed by atoms with E-state index in [2.05, 4.69) is 5.32 Å². The van der Waals surface area contributed by atoms with Gasteiger partial charge in [-0.1, -0.05) is 6.42 Å². The standard InChI is InChI=1S/C22H29N3O4/c23-16-9-13-3-1-4-14(10-16)20(13)24-21(26)17-5-2-8-25(17)22(27)15-6-7-18-19(11-15)29-12-28-18/h6-7,11,13-14,16-17,20H,1-5,8-10,12,23H2,(H,24,26). The van der Waals surface area contributed by atoms with Crippen LogP contribution in [0.25, 0.3) is 0 Å². The first-order chi connectivity index (χ1) is 14.1. The predicted octanol–water partition coefficient (Wildman–Crippen LogP) is 2.04. The zero-order valence-electron chi connectivity index (χ0n) is 16.6. The number of carbonyl (C=O) groups excluding carboxylic acids is 2. The molecule has 29 heavy (non-hydrogen) atoms. The number of carbonyl (C=O) groups is 2. The second-order valence-corrected chi connectivity index (χ2v) is 8.94. The average Bonchev–Trinajstić information content (AvgIpc) is 3.37. The molecule has 3 atom stereocenters. The number of hydrogen-bond acceptors (Lipinski definition) is 5. The summed E-state index contributed by atoms with van der Waals surface area (Å²) < 4.78 is 10.7. The molecule has 2 bridgehead atoms. The fourth-order valence-electron chi connectivity index (χ4n) is 5.76. The lowest BCUT2D eigenvalue weighted by Gasteiger charge is -2.45. The molecule has 3 N–H and O–H groups in total. The van der Waals surface area contributed by atoms with Crippen molar-refractivity contribution in [1.82, 2.24) is 10.2 Å². The number of likely N-dealkylation sites (tertiary alicyclic amines) is 1. The summed E-state index contributed by atoms with van der Waals surface area (Å²) in [7, 11) is 0. The number of hydrogen-bond donors (Lipinski definition) is 2. The number of rotatable bonds is 3. The Bertz CT molecular complexity index is 799. The Morgan fingerprint density at radius 2 is 1.79 bits per heavy atom. The van der Waals surface area contributed by atoms with E-state index in [0.29, 0.717) is 41.9 Å². The summed E-state index contributed by atoms with van der Waals surface area (Å²) in [6, 6.07) is 5.28. The van der Waals surface area contributed by atoms with Crippen molar-refractivity contribution in [3.63, 3.8) is 0 Å². The SMILES string of the molecule is NC1CC2CCCC(C1)C2NC(=O)C1CCCN1C(=O)c1ccc2c(c1)OCO2. The lowest BCUT2D eigenvalue weighted by molar-refractivity contribution is -0.127. The molecule has 2 aliphatic heterocycles. The Labute approximate surface area is 170 Å². The molecule has 4 aliphatic rings. The lowest BCUT2D eigenvalue weighted by atomic mass is 9.67. The molecule has 7 nitrogen and oxygen atoms in total. The zero-order valence-corrected chi connectivity index (χ0v) is 16.6. The molecule has 2 amide bonds. The average molecular weight is 399 g/mol. The van der Waals surface area contributed by atoms with E-state index in [1.165, 1.54) is 6.42 Å². The monoisotopic (exact) mass is 399 g/mol. The van der Waals surface area contributed by atoms with Gasteiger partial charge in [-0.25, -0.2) is 0 Å². The Kier molecular flexibility index (Phi) is 4.86. The van der Waals surface area contributed by atoms with Crippen LogP contribution in [0.3, 0.4) is 0 Å². The van der Waals surface area contributed by atoms with Crippen molar-refractivity contribution in [1.29, 1.82) is 0 Å². The third kappa shape index (κ3) is 3.45. The third-order valence-electron chi connectivity index (χ3n) is 7.12. The molecule has 3 fully saturated rings. The molecular formula is C22H29N3O4. The fraction of sp³-hybridized carbons (Fsp3) is 0.636. The van der Waals surface area contributed by atoms with Crippen LogP contribution in [0.1, 0.15) is 55.3 Å². The molecule has 1 aromatic carbocycles. The van der Waals surface area contributed by atoms with Crippen molar-refractivity contribution in [3.8, 4) is 11.5 Å². The van der Waals surface area contributed by atoms with Crippen LogP contribution < -0.4 is 20.5 Å². The van der Waals surface area contributed by atoms with Gasteiger partial charge in [0.25, 0.3) is 5.91 Å². The molecular weight excluding hydrogens is 370 g/mol. The predicted molar refractivity (Wildman–Crippen MR) is 107 cm³/mol. The van der Waals surface area contributed by atoms with Crippen LogP contribution in [0.15, 0.2) is 18.2 Å². The minimum atomic E-state index is -0.399. The Hall–Kier alpha value is -2.28. The Balaban J connectivity index is 1.29. The van der Waals surface area contributed by atoms with Crippen LogP contribution in [0, 0.1) is 11.8 Å². The molecule has 7 heteroatoms. The van der Waals surface area contributed by atoms with E-state index in [0.717, 1.165) is 32.1 Å². The summed E-state index contributed by atoms with van der Waals surface area (Å²) in [6.07, 6.45) is 7.05. The van der Waals surface area contributed by atoms with E-state index < -0.39 is 6.04 Å². The quantitative estimate of drug-likeness (QED) is 0.811. The Morgan fingerprint density at radius 3 is 2.59 bits per heavy atom. The van der Waals surface area contributed by atoms with Gasteiger partial charge in [0.05, 0.1) is 0 Å². The van der Waals surface area contributed by atoms with Gasteiger partial charge in [0.2, 0.25) is 12.7 Å². The lowest BCUT2D eigenvalue weighted by Crippen LogP contribution is -2.57. The first-order valence-corrected chi connectivity index (χ1v) is 10.9. The molecule has 2 heterocycles. The molecule has 2 aliphatic carbocycles. The highest BCUT2D eigenvalue weighted by molar-refractivity contribution is 5.98. The van der Waals surface area contributed by atoms with Gasteiger partial charge in [-0.2, -0.15) is 0 Å². The zero-order chi connectivity index (χ0) is 20.0. The van der Waals surface area contributed by atoms with Gasteiger partial charge < -0.3 is 25.4 Å². The highest BCUT2D eigenvalue weighted by Gasteiger charge is 2.42. The van der Waals surface area contributed by atoms with E-state index in [1.807, 2.05) is 0 Å². The van der Waals surface area contributed by atoms with Gasteiger partial charge in [0.1, 0.15) is 6.04 Å². The molecule has 5 rings (SSSR count). The number of nitrogens with one attached hydrogen (secondary N) is 1. The smallest absolute Gasteiger partial charge is 0.254 e. The van der Waals surface area contributed by atoms with E-state index in [4.69, 9.17) is 15.2 Å². The minimum absolute atomic E-state index is 0.00559. The molecule has 0 radical (unpaired) electrons. The van der Waals surface area contributed by atoms with Crippen LogP contribution in [-0.2, 0) is 4.79 Å². The normalized spacial score (nSPS) is 32.9. The van der Waals surface area contributed by atoms with E-state index in [1.54, 1.807) is 23.1 Å². The van der Waals surface area contributed by atoms with Gasteiger partial charge in [-0.05, 0) is 68.6 Å². The van der Waals surface area contributed by atoms with Crippen molar-refractivity contribution in [3.05, 3.63) is 23.8 Å². The van der Waals surface area contributed by atoms with E-state index in [9.17, 15) is 9.59 Å². The second-order valence-electron chi connectivity index (χ2n) is 8.94. The van der Waals surface area contributed by atoms with Gasteiger partial charge in [0.15, 0.2) is 11.5 Å². The maximum atomic E-state index is 13.2. The van der Waals surface area contributed by atoms with Gasteiger partial charge in [-0.15, -0.1) is 0 Å². The number of benzene rings is 1. The van der Waals surface area contributed by atoms with E-state index in [-0.39, 0.29) is 30.7 Å². The van der Waals surface area contributed by atoms with Crippen LogP contribution in [-0.4, -0.2) is 48.2 Å². The summed E-state index contributed by atoms with van der Waals surface area (Å²) in [5.41, 5.74) is 6.76. The summed E-state index contributed by atoms with van der Waals surface area (Å²) in [4.78, 5) is 28.0. The molecule has 1 aromatic rings. The first-order valence-electron chi connectivity index (χ1n) is 10.9. The van der Waals surface area contributed by atoms with Crippen LogP contribution in [0.2, 0.25) is 0 Å². The molecule has 0 spiro atoms. The summed E-state index contributed by atoms with van der Waals surface area (Å²) in [5, 5.41) is 3.33. The minimum Gasteiger partial charge on any atom is -0.454 e. The fourth-order valence-corrected chi connectivity index (χ4v) is 5.76. The highest BCUT2D eigenvalue weighted by atomic mass is 16.7. The van der Waals surface area contributed by atoms with E-state index >= 15 is 0 Å². The van der Waals surface area contributed by atoms with Gasteiger partial charge in [-0.3, -0.25) is 9.59 Å². The van der Waals surface area contributed by atoms with Crippen LogP contribution in [0.4, 0.5) is 0 Å². The van der Waals surface area contributed by atoms with Crippen molar-refractivity contribution in [2.24, 2.45) is 17.6 Å². The Morgan fingerprint density at radius 1 is 1.03 bits per heavy atom. The number of nitrogens with zero attached hydrogens (tertiary/aromatic N) is 1. The second kappa shape index (κ2) is 7.52. The van der Waals surface area contributed by atoms with Crippen molar-refractivity contribution < 1.29 is 19.1 Å². The molecule has 0 aromatic heterocycles. The maximum absolute atomic E-state index is 13.2. The largest absolute Gasteiger partial charge is 0.454 e. The number of ether oxygens (including phenoxy) is 2. The third-order valence-corrected chi connectivity index (χ3v) is 7.12. The number of nitrogens with two attached hydrogens (primary N) is 1.